The summed E-state index contributed by atoms with van der Waals surface area (Å²) in [5.41, 5.74) is 0.843. The third-order valence-electron chi connectivity index (χ3n) is 2.69. The molecule has 0 N–H and O–H groups in total. The molecule has 2 heterocycles. The van der Waals surface area contributed by atoms with E-state index in [4.69, 9.17) is 0 Å². The second-order valence-electron chi connectivity index (χ2n) is 3.88. The van der Waals surface area contributed by atoms with Crippen LogP contribution in [0.2, 0.25) is 0 Å². The Balaban J connectivity index is 2.38. The largest absolute Gasteiger partial charge is 0.471 e. The van der Waals surface area contributed by atoms with E-state index in [9.17, 15) is 18.0 Å². The number of aromatic nitrogens is 1. The van der Waals surface area contributed by atoms with E-state index < -0.39 is 12.1 Å². The summed E-state index contributed by atoms with van der Waals surface area (Å²) >= 11 is 0. The molecule has 1 amide bonds. The molecule has 0 spiro atoms. The minimum atomic E-state index is -4.84. The first-order valence-corrected chi connectivity index (χ1v) is 5.33. The quantitative estimate of drug-likeness (QED) is 0.701. The van der Waals surface area contributed by atoms with E-state index in [0.29, 0.717) is 18.5 Å². The number of rotatable bonds is 0. The number of carbonyl (C=O) groups excluding carboxylic acids is 1. The number of halogens is 3. The van der Waals surface area contributed by atoms with Crippen LogP contribution in [-0.2, 0) is 11.2 Å². The first-order chi connectivity index (χ1) is 8.00. The zero-order valence-corrected chi connectivity index (χ0v) is 9.00. The first-order valence-electron chi connectivity index (χ1n) is 5.33. The van der Waals surface area contributed by atoms with Crippen LogP contribution in [0.3, 0.4) is 0 Å². The Labute approximate surface area is 96.3 Å². The topological polar surface area (TPSA) is 33.2 Å². The van der Waals surface area contributed by atoms with Crippen LogP contribution in [0.1, 0.15) is 18.5 Å². The molecule has 17 heavy (non-hydrogen) atoms. The maximum absolute atomic E-state index is 12.4. The van der Waals surface area contributed by atoms with E-state index in [1.54, 1.807) is 6.07 Å². The summed E-state index contributed by atoms with van der Waals surface area (Å²) in [4.78, 5) is 16.1. The van der Waals surface area contributed by atoms with Gasteiger partial charge in [-0.25, -0.2) is 0 Å². The predicted octanol–water partition coefficient (Wildman–Crippen LogP) is 2.31. The molecule has 1 aliphatic heterocycles. The highest BCUT2D eigenvalue weighted by molar-refractivity contribution is 5.97. The summed E-state index contributed by atoms with van der Waals surface area (Å²) in [6, 6.07) is 3.05. The molecule has 6 heteroatoms. The van der Waals surface area contributed by atoms with Gasteiger partial charge in [-0.05, 0) is 31.4 Å². The number of amides is 1. The van der Waals surface area contributed by atoms with Crippen molar-refractivity contribution in [1.29, 1.82) is 0 Å². The van der Waals surface area contributed by atoms with Gasteiger partial charge in [0.25, 0.3) is 0 Å². The fourth-order valence-electron chi connectivity index (χ4n) is 1.91. The highest BCUT2D eigenvalue weighted by atomic mass is 19.4. The molecule has 92 valence electrons. The number of fused-ring (bicyclic) bond motifs is 1. The lowest BCUT2D eigenvalue weighted by Gasteiger charge is -2.23. The van der Waals surface area contributed by atoms with Gasteiger partial charge in [0.15, 0.2) is 0 Å². The van der Waals surface area contributed by atoms with Crippen molar-refractivity contribution in [3.63, 3.8) is 0 Å². The van der Waals surface area contributed by atoms with E-state index in [1.807, 2.05) is 0 Å². The number of hydrogen-bond acceptors (Lipinski definition) is 2. The average molecular weight is 244 g/mol. The monoisotopic (exact) mass is 244 g/mol. The van der Waals surface area contributed by atoms with E-state index in [0.717, 1.165) is 11.3 Å². The lowest BCUT2D eigenvalue weighted by Crippen LogP contribution is -2.41. The Hall–Kier alpha value is -1.59. The lowest BCUT2D eigenvalue weighted by molar-refractivity contribution is -0.170. The van der Waals surface area contributed by atoms with Crippen LogP contribution in [0, 0.1) is 0 Å². The van der Waals surface area contributed by atoms with Crippen LogP contribution in [-0.4, -0.2) is 23.6 Å². The standard InChI is InChI=1S/C11H11F3N2O/c12-11(13,14)10(17)16-7-2-1-4-8-9(16)5-3-6-15-8/h3,5-6H,1-2,4,7H2. The molecule has 0 aliphatic carbocycles. The smallest absolute Gasteiger partial charge is 0.303 e. The number of anilines is 1. The summed E-state index contributed by atoms with van der Waals surface area (Å²) in [7, 11) is 0. The van der Waals surface area contributed by atoms with Crippen LogP contribution in [0.15, 0.2) is 18.3 Å². The van der Waals surface area contributed by atoms with Gasteiger partial charge < -0.3 is 4.90 Å². The second-order valence-corrected chi connectivity index (χ2v) is 3.88. The van der Waals surface area contributed by atoms with Crippen LogP contribution in [0.4, 0.5) is 18.9 Å². The molecule has 0 saturated carbocycles. The van der Waals surface area contributed by atoms with Gasteiger partial charge in [0.05, 0.1) is 11.4 Å². The predicted molar refractivity (Wildman–Crippen MR) is 55.6 cm³/mol. The van der Waals surface area contributed by atoms with Gasteiger partial charge in [-0.15, -0.1) is 0 Å². The van der Waals surface area contributed by atoms with Crippen molar-refractivity contribution < 1.29 is 18.0 Å². The number of carbonyl (C=O) groups is 1. The summed E-state index contributed by atoms with van der Waals surface area (Å²) in [6.07, 6.45) is -1.40. The summed E-state index contributed by atoms with van der Waals surface area (Å²) < 4.78 is 37.3. The lowest BCUT2D eigenvalue weighted by atomic mass is 10.2. The Morgan fingerprint density at radius 3 is 2.82 bits per heavy atom. The molecule has 0 aromatic carbocycles. The zero-order chi connectivity index (χ0) is 12.5. The highest BCUT2D eigenvalue weighted by Crippen LogP contribution is 2.28. The van der Waals surface area contributed by atoms with Gasteiger partial charge in [0.1, 0.15) is 0 Å². The minimum absolute atomic E-state index is 0.0943. The Morgan fingerprint density at radius 1 is 1.35 bits per heavy atom. The average Bonchev–Trinajstić information content (AvgIpc) is 2.48. The van der Waals surface area contributed by atoms with Crippen LogP contribution < -0.4 is 4.90 Å². The molecule has 0 unspecified atom stereocenters. The maximum atomic E-state index is 12.4. The third-order valence-corrected chi connectivity index (χ3v) is 2.69. The molecule has 0 fully saturated rings. The van der Waals surface area contributed by atoms with Crippen LogP contribution in [0.25, 0.3) is 0 Å². The van der Waals surface area contributed by atoms with E-state index in [2.05, 4.69) is 4.98 Å². The molecular weight excluding hydrogens is 233 g/mol. The summed E-state index contributed by atoms with van der Waals surface area (Å²) in [6.45, 7) is 0.0943. The van der Waals surface area contributed by atoms with Gasteiger partial charge in [0.2, 0.25) is 0 Å². The molecular formula is C11H11F3N2O. The Kier molecular flexibility index (Phi) is 3.04. The van der Waals surface area contributed by atoms with Crippen molar-refractivity contribution in [3.05, 3.63) is 24.0 Å². The van der Waals surface area contributed by atoms with Crippen molar-refractivity contribution in [2.24, 2.45) is 0 Å². The SMILES string of the molecule is O=C(N1CCCCc2ncccc21)C(F)(F)F. The van der Waals surface area contributed by atoms with Gasteiger partial charge in [-0.3, -0.25) is 9.78 Å². The molecule has 0 radical (unpaired) electrons. The van der Waals surface area contributed by atoms with Gasteiger partial charge in [-0.1, -0.05) is 0 Å². The summed E-state index contributed by atoms with van der Waals surface area (Å²) in [5, 5.41) is 0. The van der Waals surface area contributed by atoms with E-state index in [1.165, 1.54) is 12.3 Å². The Bertz CT molecular complexity index is 431. The molecule has 0 atom stereocenters. The van der Waals surface area contributed by atoms with Gasteiger partial charge in [0, 0.05) is 12.7 Å². The van der Waals surface area contributed by atoms with Crippen molar-refractivity contribution in [2.45, 2.75) is 25.4 Å². The highest BCUT2D eigenvalue weighted by Gasteiger charge is 2.43. The molecule has 1 aromatic heterocycles. The van der Waals surface area contributed by atoms with E-state index >= 15 is 0 Å². The van der Waals surface area contributed by atoms with Gasteiger partial charge >= 0.3 is 12.1 Å². The number of nitrogens with zero attached hydrogens (tertiary/aromatic N) is 2. The van der Waals surface area contributed by atoms with Crippen molar-refractivity contribution in [2.75, 3.05) is 11.4 Å². The van der Waals surface area contributed by atoms with Crippen LogP contribution >= 0.6 is 0 Å². The normalized spacial score (nSPS) is 16.3. The Morgan fingerprint density at radius 2 is 2.12 bits per heavy atom. The molecule has 0 saturated heterocycles. The fraction of sp³-hybridized carbons (Fsp3) is 0.455. The molecule has 3 nitrogen and oxygen atoms in total. The molecule has 1 aliphatic rings. The van der Waals surface area contributed by atoms with E-state index in [-0.39, 0.29) is 12.2 Å². The fourth-order valence-corrected chi connectivity index (χ4v) is 1.91. The second kappa shape index (κ2) is 4.35. The molecule has 1 aromatic rings. The minimum Gasteiger partial charge on any atom is -0.303 e. The number of aryl methyl sites for hydroxylation is 1. The van der Waals surface area contributed by atoms with Crippen molar-refractivity contribution in [3.8, 4) is 0 Å². The number of hydrogen-bond donors (Lipinski definition) is 0. The van der Waals surface area contributed by atoms with Crippen molar-refractivity contribution >= 4 is 11.6 Å². The van der Waals surface area contributed by atoms with Crippen molar-refractivity contribution in [1.82, 2.24) is 4.98 Å². The maximum Gasteiger partial charge on any atom is 0.471 e. The number of pyridine rings is 1. The number of alkyl halides is 3. The van der Waals surface area contributed by atoms with Gasteiger partial charge in [-0.2, -0.15) is 13.2 Å². The molecule has 0 bridgehead atoms. The molecule has 2 rings (SSSR count). The zero-order valence-electron chi connectivity index (χ0n) is 9.00. The first kappa shape index (κ1) is 11.9. The third kappa shape index (κ3) is 2.40. The summed E-state index contributed by atoms with van der Waals surface area (Å²) in [5.74, 6) is -1.81. The van der Waals surface area contributed by atoms with Crippen LogP contribution in [0.5, 0.6) is 0 Å².